The van der Waals surface area contributed by atoms with Crippen LogP contribution >= 0.6 is 11.8 Å². The molecule has 1 aromatic carbocycles. The van der Waals surface area contributed by atoms with Gasteiger partial charge in [0.05, 0.1) is 22.6 Å². The van der Waals surface area contributed by atoms with Gasteiger partial charge in [0, 0.05) is 5.69 Å². The molecule has 0 radical (unpaired) electrons. The van der Waals surface area contributed by atoms with Crippen LogP contribution in [-0.2, 0) is 11.0 Å². The van der Waals surface area contributed by atoms with Crippen molar-refractivity contribution in [3.63, 3.8) is 0 Å². The van der Waals surface area contributed by atoms with Crippen LogP contribution < -0.4 is 5.32 Å². The number of anilines is 1. The Bertz CT molecular complexity index is 844. The molecule has 0 saturated heterocycles. The molecular weight excluding hydrogens is 363 g/mol. The van der Waals surface area contributed by atoms with Crippen LogP contribution in [0.4, 0.5) is 18.9 Å². The number of nitriles is 1. The van der Waals surface area contributed by atoms with Crippen molar-refractivity contribution in [3.8, 4) is 6.07 Å². The minimum Gasteiger partial charge on any atom is -0.325 e. The van der Waals surface area contributed by atoms with Gasteiger partial charge < -0.3 is 5.32 Å². The highest BCUT2D eigenvalue weighted by Gasteiger charge is 2.33. The van der Waals surface area contributed by atoms with E-state index in [1.165, 1.54) is 18.2 Å². The molecule has 0 bridgehead atoms. The molecule has 0 aliphatic rings. The number of hydrogen-bond donors (Lipinski definition) is 1. The van der Waals surface area contributed by atoms with Gasteiger partial charge in [0.1, 0.15) is 11.1 Å². The first kappa shape index (κ1) is 19.8. The van der Waals surface area contributed by atoms with Gasteiger partial charge in [0.25, 0.3) is 0 Å². The third kappa shape index (κ3) is 4.99. The molecule has 0 atom stereocenters. The fourth-order valence-electron chi connectivity index (χ4n) is 2.13. The Labute approximate surface area is 153 Å². The first-order valence-corrected chi connectivity index (χ1v) is 8.71. The highest BCUT2D eigenvalue weighted by Crippen LogP contribution is 2.34. The summed E-state index contributed by atoms with van der Waals surface area (Å²) in [6, 6.07) is 10.1. The lowest BCUT2D eigenvalue weighted by molar-refractivity contribution is -0.137. The van der Waals surface area contributed by atoms with Gasteiger partial charge in [-0.25, -0.2) is 4.98 Å². The minimum atomic E-state index is -4.56. The van der Waals surface area contributed by atoms with Crippen LogP contribution in [0.2, 0.25) is 0 Å². The molecule has 1 N–H and O–H groups in total. The predicted molar refractivity (Wildman–Crippen MR) is 93.8 cm³/mol. The fourth-order valence-corrected chi connectivity index (χ4v) is 2.91. The molecule has 0 spiro atoms. The lowest BCUT2D eigenvalue weighted by atomic mass is 10.1. The number of carbonyl (C=O) groups excluding carboxylic acids is 1. The lowest BCUT2D eigenvalue weighted by Crippen LogP contribution is -2.18. The number of nitrogens with one attached hydrogen (secondary N) is 1. The van der Waals surface area contributed by atoms with Crippen LogP contribution in [0.15, 0.2) is 41.4 Å². The van der Waals surface area contributed by atoms with Crippen LogP contribution in [0.25, 0.3) is 0 Å². The monoisotopic (exact) mass is 379 g/mol. The standard InChI is InChI=1S/C18H16F3N3OS/c1-11(2)14-8-7-12(9-22)17(24-14)26-10-16(25)23-15-6-4-3-5-13(15)18(19,20)21/h3-8,11H,10H2,1-2H3,(H,23,25). The second-order valence-electron chi connectivity index (χ2n) is 5.74. The van der Waals surface area contributed by atoms with E-state index in [2.05, 4.69) is 10.3 Å². The van der Waals surface area contributed by atoms with Crippen LogP contribution in [-0.4, -0.2) is 16.6 Å². The Kier molecular flexibility index (Phi) is 6.27. The summed E-state index contributed by atoms with van der Waals surface area (Å²) in [6.45, 7) is 3.90. The summed E-state index contributed by atoms with van der Waals surface area (Å²) in [5, 5.41) is 11.8. The lowest BCUT2D eigenvalue weighted by Gasteiger charge is -2.13. The van der Waals surface area contributed by atoms with E-state index >= 15 is 0 Å². The number of halogens is 3. The quantitative estimate of drug-likeness (QED) is 0.756. The van der Waals surface area contributed by atoms with Crippen molar-refractivity contribution in [3.05, 3.63) is 53.2 Å². The van der Waals surface area contributed by atoms with Gasteiger partial charge in [-0.05, 0) is 30.2 Å². The summed E-state index contributed by atoms with van der Waals surface area (Å²) in [6.07, 6.45) is -4.56. The van der Waals surface area contributed by atoms with Crippen molar-refractivity contribution < 1.29 is 18.0 Å². The van der Waals surface area contributed by atoms with Crippen molar-refractivity contribution in [1.82, 2.24) is 4.98 Å². The highest BCUT2D eigenvalue weighted by molar-refractivity contribution is 8.00. The molecule has 2 aromatic rings. The van der Waals surface area contributed by atoms with E-state index in [1.54, 1.807) is 12.1 Å². The number of benzene rings is 1. The number of para-hydroxylation sites is 1. The Morgan fingerprint density at radius 1 is 1.27 bits per heavy atom. The normalized spacial score (nSPS) is 11.3. The van der Waals surface area contributed by atoms with Gasteiger partial charge in [-0.1, -0.05) is 37.7 Å². The number of nitrogens with zero attached hydrogens (tertiary/aromatic N) is 2. The molecule has 0 fully saturated rings. The van der Waals surface area contributed by atoms with E-state index in [4.69, 9.17) is 5.26 Å². The second-order valence-corrected chi connectivity index (χ2v) is 6.70. The number of carbonyl (C=O) groups is 1. The maximum Gasteiger partial charge on any atom is 0.418 e. The predicted octanol–water partition coefficient (Wildman–Crippen LogP) is 4.83. The first-order valence-electron chi connectivity index (χ1n) is 7.72. The average molecular weight is 379 g/mol. The summed E-state index contributed by atoms with van der Waals surface area (Å²) in [7, 11) is 0. The van der Waals surface area contributed by atoms with Crippen molar-refractivity contribution in [2.24, 2.45) is 0 Å². The van der Waals surface area contributed by atoms with E-state index in [1.807, 2.05) is 19.9 Å². The zero-order valence-electron chi connectivity index (χ0n) is 14.1. The molecule has 1 aromatic heterocycles. The van der Waals surface area contributed by atoms with E-state index in [-0.39, 0.29) is 17.4 Å². The Morgan fingerprint density at radius 3 is 2.58 bits per heavy atom. The van der Waals surface area contributed by atoms with E-state index in [0.717, 1.165) is 23.5 Å². The van der Waals surface area contributed by atoms with Crippen LogP contribution in [0.5, 0.6) is 0 Å². The largest absolute Gasteiger partial charge is 0.418 e. The Hall–Kier alpha value is -2.53. The number of hydrogen-bond acceptors (Lipinski definition) is 4. The molecule has 1 amide bonds. The second kappa shape index (κ2) is 8.23. The van der Waals surface area contributed by atoms with Crippen molar-refractivity contribution >= 4 is 23.4 Å². The zero-order valence-corrected chi connectivity index (χ0v) is 14.9. The molecule has 0 unspecified atom stereocenters. The molecular formula is C18H16F3N3OS. The Balaban J connectivity index is 2.11. The summed E-state index contributed by atoms with van der Waals surface area (Å²) < 4.78 is 38.9. The average Bonchev–Trinajstić information content (AvgIpc) is 2.59. The SMILES string of the molecule is CC(C)c1ccc(C#N)c(SCC(=O)Nc2ccccc2C(F)(F)F)n1. The number of thioether (sulfide) groups is 1. The minimum absolute atomic E-state index is 0.148. The van der Waals surface area contributed by atoms with Gasteiger partial charge in [-0.3, -0.25) is 4.79 Å². The molecule has 0 aliphatic carbocycles. The maximum absolute atomic E-state index is 13.0. The number of amides is 1. The first-order chi connectivity index (χ1) is 12.2. The van der Waals surface area contributed by atoms with E-state index in [0.29, 0.717) is 10.6 Å². The van der Waals surface area contributed by atoms with Gasteiger partial charge in [-0.15, -0.1) is 0 Å². The summed E-state index contributed by atoms with van der Waals surface area (Å²) in [5.74, 6) is -0.614. The van der Waals surface area contributed by atoms with E-state index < -0.39 is 17.6 Å². The van der Waals surface area contributed by atoms with Crippen molar-refractivity contribution in [1.29, 1.82) is 5.26 Å². The number of pyridine rings is 1. The third-order valence-electron chi connectivity index (χ3n) is 3.44. The maximum atomic E-state index is 13.0. The van der Waals surface area contributed by atoms with Crippen LogP contribution in [0.1, 0.15) is 36.6 Å². The third-order valence-corrected chi connectivity index (χ3v) is 4.43. The molecule has 1 heterocycles. The summed E-state index contributed by atoms with van der Waals surface area (Å²) in [5.41, 5.74) is -0.108. The zero-order chi connectivity index (χ0) is 19.3. The summed E-state index contributed by atoms with van der Waals surface area (Å²) >= 11 is 1.02. The van der Waals surface area contributed by atoms with Gasteiger partial charge in [-0.2, -0.15) is 18.4 Å². The molecule has 8 heteroatoms. The van der Waals surface area contributed by atoms with Crippen molar-refractivity contribution in [2.75, 3.05) is 11.1 Å². The van der Waals surface area contributed by atoms with E-state index in [9.17, 15) is 18.0 Å². The molecule has 4 nitrogen and oxygen atoms in total. The van der Waals surface area contributed by atoms with Gasteiger partial charge >= 0.3 is 6.18 Å². The Morgan fingerprint density at radius 2 is 1.96 bits per heavy atom. The smallest absolute Gasteiger partial charge is 0.325 e. The van der Waals surface area contributed by atoms with Gasteiger partial charge in [0.2, 0.25) is 5.91 Å². The topological polar surface area (TPSA) is 65.8 Å². The highest BCUT2D eigenvalue weighted by atomic mass is 32.2. The number of rotatable bonds is 5. The molecule has 2 rings (SSSR count). The molecule has 0 saturated carbocycles. The van der Waals surface area contributed by atoms with Crippen LogP contribution in [0, 0.1) is 11.3 Å². The fraction of sp³-hybridized carbons (Fsp3) is 0.278. The molecule has 26 heavy (non-hydrogen) atoms. The number of aromatic nitrogens is 1. The summed E-state index contributed by atoms with van der Waals surface area (Å²) in [4.78, 5) is 16.4. The van der Waals surface area contributed by atoms with Gasteiger partial charge in [0.15, 0.2) is 0 Å². The van der Waals surface area contributed by atoms with Crippen molar-refractivity contribution in [2.45, 2.75) is 31.0 Å². The number of alkyl halides is 3. The van der Waals surface area contributed by atoms with Crippen LogP contribution in [0.3, 0.4) is 0 Å². The molecule has 136 valence electrons. The molecule has 0 aliphatic heterocycles.